The quantitative estimate of drug-likeness (QED) is 0.689. The number of nitrogens with one attached hydrogen (secondary N) is 1. The van der Waals surface area contributed by atoms with Crippen molar-refractivity contribution in [3.8, 4) is 0 Å². The van der Waals surface area contributed by atoms with Crippen LogP contribution in [0, 0.1) is 0 Å². The molecule has 1 N–H and O–H groups in total. The van der Waals surface area contributed by atoms with E-state index < -0.39 is 0 Å². The van der Waals surface area contributed by atoms with E-state index in [4.69, 9.17) is 0 Å². The lowest BCUT2D eigenvalue weighted by Gasteiger charge is -2.26. The maximum atomic E-state index is 3.57. The van der Waals surface area contributed by atoms with Crippen molar-refractivity contribution in [2.24, 2.45) is 0 Å². The predicted molar refractivity (Wildman–Crippen MR) is 60.0 cm³/mol. The van der Waals surface area contributed by atoms with Gasteiger partial charge in [0, 0.05) is 17.3 Å². The van der Waals surface area contributed by atoms with Gasteiger partial charge in [-0.25, -0.2) is 0 Å². The summed E-state index contributed by atoms with van der Waals surface area (Å²) >= 11 is 2.02. The zero-order valence-corrected chi connectivity index (χ0v) is 9.92. The summed E-state index contributed by atoms with van der Waals surface area (Å²) in [4.78, 5) is 0. The van der Waals surface area contributed by atoms with E-state index in [1.807, 2.05) is 11.8 Å². The second-order valence-corrected chi connectivity index (χ2v) is 5.60. The van der Waals surface area contributed by atoms with Gasteiger partial charge in [-0.3, -0.25) is 0 Å². The Labute approximate surface area is 81.7 Å². The molecule has 0 amide bonds. The van der Waals surface area contributed by atoms with Gasteiger partial charge >= 0.3 is 0 Å². The average molecular weight is 189 g/mol. The van der Waals surface area contributed by atoms with Gasteiger partial charge in [0.2, 0.25) is 0 Å². The molecule has 1 atom stereocenters. The van der Waals surface area contributed by atoms with Crippen LogP contribution in [-0.4, -0.2) is 23.1 Å². The van der Waals surface area contributed by atoms with Crippen LogP contribution in [0.2, 0.25) is 0 Å². The molecule has 0 bridgehead atoms. The van der Waals surface area contributed by atoms with E-state index in [1.54, 1.807) is 0 Å². The van der Waals surface area contributed by atoms with Crippen molar-refractivity contribution in [1.82, 2.24) is 5.32 Å². The Balaban J connectivity index is 3.52. The number of hydrogen-bond acceptors (Lipinski definition) is 2. The van der Waals surface area contributed by atoms with E-state index >= 15 is 0 Å². The molecule has 0 fully saturated rings. The fourth-order valence-corrected chi connectivity index (χ4v) is 1.66. The molecule has 0 aromatic rings. The Morgan fingerprint density at radius 2 is 1.92 bits per heavy atom. The Morgan fingerprint density at radius 1 is 1.33 bits per heavy atom. The molecular weight excluding hydrogens is 166 g/mol. The van der Waals surface area contributed by atoms with E-state index in [9.17, 15) is 0 Å². The second-order valence-electron chi connectivity index (χ2n) is 3.88. The first-order chi connectivity index (χ1) is 5.52. The van der Waals surface area contributed by atoms with Gasteiger partial charge in [-0.2, -0.15) is 11.8 Å². The maximum Gasteiger partial charge on any atom is 0.0144 e. The minimum absolute atomic E-state index is 0.308. The predicted octanol–water partition coefficient (Wildman–Crippen LogP) is 2.91. The topological polar surface area (TPSA) is 12.0 Å². The van der Waals surface area contributed by atoms with E-state index in [-0.39, 0.29) is 0 Å². The summed E-state index contributed by atoms with van der Waals surface area (Å²) in [7, 11) is 0. The van der Waals surface area contributed by atoms with Crippen LogP contribution in [0.5, 0.6) is 0 Å². The standard InChI is InChI=1S/C10H23NS/c1-6-10(4,5)11-8-9(3)12-7-2/h9,11H,6-8H2,1-5H3. The molecule has 2 heteroatoms. The molecule has 0 spiro atoms. The van der Waals surface area contributed by atoms with Crippen LogP contribution in [0.4, 0.5) is 0 Å². The van der Waals surface area contributed by atoms with Crippen LogP contribution in [0.15, 0.2) is 0 Å². The summed E-state index contributed by atoms with van der Waals surface area (Å²) in [6.45, 7) is 12.4. The fourth-order valence-electron chi connectivity index (χ4n) is 0.888. The highest BCUT2D eigenvalue weighted by Crippen LogP contribution is 2.11. The van der Waals surface area contributed by atoms with Crippen molar-refractivity contribution in [3.63, 3.8) is 0 Å². The van der Waals surface area contributed by atoms with Gasteiger partial charge in [0.05, 0.1) is 0 Å². The molecule has 0 aliphatic heterocycles. The molecule has 1 unspecified atom stereocenters. The second kappa shape index (κ2) is 5.87. The van der Waals surface area contributed by atoms with Gasteiger partial charge in [0.15, 0.2) is 0 Å². The minimum atomic E-state index is 0.308. The van der Waals surface area contributed by atoms with Crippen molar-refractivity contribution in [1.29, 1.82) is 0 Å². The van der Waals surface area contributed by atoms with Gasteiger partial charge in [0.25, 0.3) is 0 Å². The SMILES string of the molecule is CCSC(C)CNC(C)(C)CC. The van der Waals surface area contributed by atoms with Gasteiger partial charge in [0.1, 0.15) is 0 Å². The Bertz CT molecular complexity index is 112. The van der Waals surface area contributed by atoms with Crippen LogP contribution >= 0.6 is 11.8 Å². The molecular formula is C10H23NS. The number of hydrogen-bond donors (Lipinski definition) is 1. The van der Waals surface area contributed by atoms with Crippen molar-refractivity contribution in [2.45, 2.75) is 51.8 Å². The summed E-state index contributed by atoms with van der Waals surface area (Å²) in [5.41, 5.74) is 0.308. The van der Waals surface area contributed by atoms with Gasteiger partial charge in [-0.1, -0.05) is 20.8 Å². The van der Waals surface area contributed by atoms with E-state index in [0.29, 0.717) is 5.54 Å². The van der Waals surface area contributed by atoms with E-state index in [0.717, 1.165) is 11.8 Å². The van der Waals surface area contributed by atoms with E-state index in [1.165, 1.54) is 12.2 Å². The van der Waals surface area contributed by atoms with Crippen LogP contribution in [0.25, 0.3) is 0 Å². The first-order valence-corrected chi connectivity index (χ1v) is 5.93. The first kappa shape index (κ1) is 12.3. The highest BCUT2D eigenvalue weighted by atomic mass is 32.2. The zero-order chi connectivity index (χ0) is 9.61. The summed E-state index contributed by atoms with van der Waals surface area (Å²) in [6.07, 6.45) is 1.19. The van der Waals surface area contributed by atoms with Gasteiger partial charge in [-0.05, 0) is 26.0 Å². The molecule has 0 aliphatic carbocycles. The smallest absolute Gasteiger partial charge is 0.0144 e. The lowest BCUT2D eigenvalue weighted by Crippen LogP contribution is -2.41. The van der Waals surface area contributed by atoms with E-state index in [2.05, 4.69) is 39.9 Å². The van der Waals surface area contributed by atoms with Gasteiger partial charge < -0.3 is 5.32 Å². The Morgan fingerprint density at radius 3 is 2.33 bits per heavy atom. The third kappa shape index (κ3) is 5.90. The average Bonchev–Trinajstić information content (AvgIpc) is 2.02. The summed E-state index contributed by atoms with van der Waals surface area (Å²) < 4.78 is 0. The third-order valence-electron chi connectivity index (χ3n) is 2.20. The van der Waals surface area contributed by atoms with Crippen molar-refractivity contribution < 1.29 is 0 Å². The molecule has 0 saturated heterocycles. The fraction of sp³-hybridized carbons (Fsp3) is 1.00. The molecule has 1 nitrogen and oxygen atoms in total. The first-order valence-electron chi connectivity index (χ1n) is 4.88. The molecule has 0 heterocycles. The van der Waals surface area contributed by atoms with Crippen molar-refractivity contribution in [3.05, 3.63) is 0 Å². The molecule has 0 radical (unpaired) electrons. The molecule has 12 heavy (non-hydrogen) atoms. The zero-order valence-electron chi connectivity index (χ0n) is 9.11. The maximum absolute atomic E-state index is 3.57. The molecule has 0 rings (SSSR count). The monoisotopic (exact) mass is 189 g/mol. The number of rotatable bonds is 6. The molecule has 0 aromatic carbocycles. The van der Waals surface area contributed by atoms with Crippen molar-refractivity contribution >= 4 is 11.8 Å². The Kier molecular flexibility index (Phi) is 6.02. The lowest BCUT2D eigenvalue weighted by molar-refractivity contribution is 0.379. The molecule has 0 aromatic heterocycles. The summed E-state index contributed by atoms with van der Waals surface area (Å²) in [5, 5.41) is 4.31. The number of thioether (sulfide) groups is 1. The lowest BCUT2D eigenvalue weighted by atomic mass is 10.0. The van der Waals surface area contributed by atoms with Crippen LogP contribution in [0.1, 0.15) is 41.0 Å². The van der Waals surface area contributed by atoms with Crippen molar-refractivity contribution in [2.75, 3.05) is 12.3 Å². The molecule has 0 aliphatic rings. The molecule has 0 saturated carbocycles. The normalized spacial score (nSPS) is 14.8. The largest absolute Gasteiger partial charge is 0.311 e. The molecule has 74 valence electrons. The third-order valence-corrected chi connectivity index (χ3v) is 3.27. The van der Waals surface area contributed by atoms with Crippen LogP contribution in [0.3, 0.4) is 0 Å². The highest BCUT2D eigenvalue weighted by molar-refractivity contribution is 7.99. The van der Waals surface area contributed by atoms with Crippen LogP contribution in [-0.2, 0) is 0 Å². The highest BCUT2D eigenvalue weighted by Gasteiger charge is 2.14. The van der Waals surface area contributed by atoms with Crippen LogP contribution < -0.4 is 5.32 Å². The summed E-state index contributed by atoms with van der Waals surface area (Å²) in [6, 6.07) is 0. The Hall–Kier alpha value is 0.310. The summed E-state index contributed by atoms with van der Waals surface area (Å²) in [5.74, 6) is 1.22. The minimum Gasteiger partial charge on any atom is -0.311 e. The van der Waals surface area contributed by atoms with Gasteiger partial charge in [-0.15, -0.1) is 0 Å².